The van der Waals surface area contributed by atoms with Gasteiger partial charge in [0.25, 0.3) is 0 Å². The Hall–Kier alpha value is -1.10. The van der Waals surface area contributed by atoms with Crippen molar-refractivity contribution in [2.45, 2.75) is 59.4 Å². The minimum absolute atomic E-state index is 0.0313. The standard InChI is InChI=1S/C15H30N2O3/c1-11(2)7-9-17-15(20)13(4)16-10-8-12(3)5-6-14(18)19/h11-13,16H,5-10H2,1-4H3,(H,17,20)(H,18,19). The lowest BCUT2D eigenvalue weighted by Gasteiger charge is -2.16. The summed E-state index contributed by atoms with van der Waals surface area (Å²) in [6, 6.07) is -0.200. The van der Waals surface area contributed by atoms with Gasteiger partial charge in [-0.2, -0.15) is 0 Å². The van der Waals surface area contributed by atoms with E-state index in [2.05, 4.69) is 24.5 Å². The Labute approximate surface area is 122 Å². The molecule has 0 aromatic rings. The molecule has 0 heterocycles. The smallest absolute Gasteiger partial charge is 0.303 e. The molecule has 1 amide bonds. The van der Waals surface area contributed by atoms with E-state index in [0.717, 1.165) is 25.9 Å². The van der Waals surface area contributed by atoms with Gasteiger partial charge in [-0.3, -0.25) is 9.59 Å². The van der Waals surface area contributed by atoms with Crippen LogP contribution >= 0.6 is 0 Å². The largest absolute Gasteiger partial charge is 0.481 e. The van der Waals surface area contributed by atoms with E-state index in [1.54, 1.807) is 0 Å². The summed E-state index contributed by atoms with van der Waals surface area (Å²) in [5.74, 6) is 0.231. The molecule has 0 fully saturated rings. The molecule has 0 aliphatic rings. The summed E-state index contributed by atoms with van der Waals surface area (Å²) in [4.78, 5) is 22.2. The molecular formula is C15H30N2O3. The van der Waals surface area contributed by atoms with Crippen LogP contribution in [-0.4, -0.2) is 36.1 Å². The molecule has 0 spiro atoms. The summed E-state index contributed by atoms with van der Waals surface area (Å²) < 4.78 is 0. The number of rotatable bonds is 11. The number of carboxylic acids is 1. The lowest BCUT2D eigenvalue weighted by molar-refractivity contribution is -0.137. The van der Waals surface area contributed by atoms with Crippen LogP contribution in [0.4, 0.5) is 0 Å². The second-order valence-corrected chi connectivity index (χ2v) is 5.98. The van der Waals surface area contributed by atoms with Gasteiger partial charge in [-0.25, -0.2) is 0 Å². The lowest BCUT2D eigenvalue weighted by atomic mass is 10.0. The fourth-order valence-electron chi connectivity index (χ4n) is 1.79. The maximum absolute atomic E-state index is 11.8. The third kappa shape index (κ3) is 10.8. The predicted molar refractivity (Wildman–Crippen MR) is 80.6 cm³/mol. The van der Waals surface area contributed by atoms with Gasteiger partial charge >= 0.3 is 5.97 Å². The molecule has 3 N–H and O–H groups in total. The highest BCUT2D eigenvalue weighted by Gasteiger charge is 2.12. The van der Waals surface area contributed by atoms with Crippen LogP contribution < -0.4 is 10.6 Å². The first kappa shape index (κ1) is 18.9. The van der Waals surface area contributed by atoms with Crippen molar-refractivity contribution in [3.8, 4) is 0 Å². The number of nitrogens with one attached hydrogen (secondary N) is 2. The fourth-order valence-corrected chi connectivity index (χ4v) is 1.79. The SMILES string of the molecule is CC(C)CCNC(=O)C(C)NCCC(C)CCC(=O)O. The highest BCUT2D eigenvalue weighted by Crippen LogP contribution is 2.09. The highest BCUT2D eigenvalue weighted by molar-refractivity contribution is 5.81. The Kier molecular flexibility index (Phi) is 10.1. The van der Waals surface area contributed by atoms with Crippen molar-refractivity contribution in [3.63, 3.8) is 0 Å². The molecular weight excluding hydrogens is 256 g/mol. The van der Waals surface area contributed by atoms with Crippen molar-refractivity contribution in [3.05, 3.63) is 0 Å². The van der Waals surface area contributed by atoms with Crippen molar-refractivity contribution < 1.29 is 14.7 Å². The number of amides is 1. The van der Waals surface area contributed by atoms with E-state index >= 15 is 0 Å². The number of aliphatic carboxylic acids is 1. The van der Waals surface area contributed by atoms with E-state index in [9.17, 15) is 9.59 Å². The van der Waals surface area contributed by atoms with E-state index < -0.39 is 5.97 Å². The number of carboxylic acid groups (broad SMARTS) is 1. The molecule has 5 heteroatoms. The zero-order chi connectivity index (χ0) is 15.5. The molecule has 0 aliphatic carbocycles. The Bertz CT molecular complexity index is 293. The van der Waals surface area contributed by atoms with Crippen LogP contribution in [0.2, 0.25) is 0 Å². The van der Waals surface area contributed by atoms with Gasteiger partial charge in [0.1, 0.15) is 0 Å². The quantitative estimate of drug-likeness (QED) is 0.543. The van der Waals surface area contributed by atoms with Crippen LogP contribution in [0.3, 0.4) is 0 Å². The topological polar surface area (TPSA) is 78.4 Å². The third-order valence-corrected chi connectivity index (χ3v) is 3.35. The van der Waals surface area contributed by atoms with Gasteiger partial charge in [0.2, 0.25) is 5.91 Å². The van der Waals surface area contributed by atoms with Crippen LogP contribution in [0.15, 0.2) is 0 Å². The number of carbonyl (C=O) groups excluding carboxylic acids is 1. The van der Waals surface area contributed by atoms with Gasteiger partial charge in [-0.1, -0.05) is 20.8 Å². The van der Waals surface area contributed by atoms with Crippen molar-refractivity contribution in [1.29, 1.82) is 0 Å². The van der Waals surface area contributed by atoms with Crippen LogP contribution in [0.5, 0.6) is 0 Å². The van der Waals surface area contributed by atoms with Crippen molar-refractivity contribution in [2.75, 3.05) is 13.1 Å². The molecule has 5 nitrogen and oxygen atoms in total. The minimum atomic E-state index is -0.747. The number of hydrogen-bond donors (Lipinski definition) is 3. The van der Waals surface area contributed by atoms with E-state index in [-0.39, 0.29) is 18.4 Å². The number of hydrogen-bond acceptors (Lipinski definition) is 3. The second kappa shape index (κ2) is 10.7. The summed E-state index contributed by atoms with van der Waals surface area (Å²) in [5, 5.41) is 14.7. The van der Waals surface area contributed by atoms with Crippen LogP contribution in [-0.2, 0) is 9.59 Å². The van der Waals surface area contributed by atoms with Crippen molar-refractivity contribution in [2.24, 2.45) is 11.8 Å². The summed E-state index contributed by atoms with van der Waals surface area (Å²) in [6.45, 7) is 9.61. The maximum Gasteiger partial charge on any atom is 0.303 e. The van der Waals surface area contributed by atoms with E-state index in [0.29, 0.717) is 18.3 Å². The van der Waals surface area contributed by atoms with Gasteiger partial charge in [0.05, 0.1) is 6.04 Å². The van der Waals surface area contributed by atoms with Crippen LogP contribution in [0.1, 0.15) is 53.4 Å². The first-order valence-electron chi connectivity index (χ1n) is 7.55. The Balaban J connectivity index is 3.67. The molecule has 0 saturated heterocycles. The Morgan fingerprint density at radius 1 is 1.00 bits per heavy atom. The maximum atomic E-state index is 11.8. The van der Waals surface area contributed by atoms with E-state index in [1.807, 2.05) is 13.8 Å². The summed E-state index contributed by atoms with van der Waals surface area (Å²) in [7, 11) is 0. The second-order valence-electron chi connectivity index (χ2n) is 5.98. The lowest BCUT2D eigenvalue weighted by Crippen LogP contribution is -2.43. The summed E-state index contributed by atoms with van der Waals surface area (Å²) >= 11 is 0. The molecule has 0 radical (unpaired) electrons. The molecule has 2 unspecified atom stereocenters. The molecule has 0 aromatic heterocycles. The molecule has 0 aliphatic heterocycles. The van der Waals surface area contributed by atoms with Gasteiger partial charge in [-0.05, 0) is 44.6 Å². The summed E-state index contributed by atoms with van der Waals surface area (Å²) in [6.07, 6.45) is 2.78. The molecule has 0 rings (SSSR count). The Morgan fingerprint density at radius 2 is 1.65 bits per heavy atom. The number of carbonyl (C=O) groups is 2. The van der Waals surface area contributed by atoms with Crippen molar-refractivity contribution in [1.82, 2.24) is 10.6 Å². The Morgan fingerprint density at radius 3 is 2.20 bits per heavy atom. The zero-order valence-corrected chi connectivity index (χ0v) is 13.2. The minimum Gasteiger partial charge on any atom is -0.481 e. The normalized spacial score (nSPS) is 14.1. The average molecular weight is 286 g/mol. The average Bonchev–Trinajstić information content (AvgIpc) is 2.35. The van der Waals surface area contributed by atoms with E-state index in [1.165, 1.54) is 0 Å². The first-order valence-corrected chi connectivity index (χ1v) is 7.55. The van der Waals surface area contributed by atoms with E-state index in [4.69, 9.17) is 5.11 Å². The van der Waals surface area contributed by atoms with Crippen LogP contribution in [0.25, 0.3) is 0 Å². The molecule has 118 valence electrons. The third-order valence-electron chi connectivity index (χ3n) is 3.35. The predicted octanol–water partition coefficient (Wildman–Crippen LogP) is 2.02. The van der Waals surface area contributed by atoms with Gasteiger partial charge in [0.15, 0.2) is 0 Å². The van der Waals surface area contributed by atoms with Gasteiger partial charge in [0, 0.05) is 13.0 Å². The van der Waals surface area contributed by atoms with Gasteiger partial charge < -0.3 is 15.7 Å². The first-order chi connectivity index (χ1) is 9.32. The molecule has 0 saturated carbocycles. The molecule has 0 aromatic carbocycles. The van der Waals surface area contributed by atoms with Crippen molar-refractivity contribution >= 4 is 11.9 Å². The molecule has 0 bridgehead atoms. The highest BCUT2D eigenvalue weighted by atomic mass is 16.4. The van der Waals surface area contributed by atoms with Gasteiger partial charge in [-0.15, -0.1) is 0 Å². The van der Waals surface area contributed by atoms with Crippen LogP contribution in [0, 0.1) is 11.8 Å². The fraction of sp³-hybridized carbons (Fsp3) is 0.867. The zero-order valence-electron chi connectivity index (χ0n) is 13.2. The molecule has 2 atom stereocenters. The summed E-state index contributed by atoms with van der Waals surface area (Å²) in [5.41, 5.74) is 0. The molecule has 20 heavy (non-hydrogen) atoms. The monoisotopic (exact) mass is 286 g/mol.